The average molecular weight is 430 g/mol. The molecule has 0 atom stereocenters. The molecule has 2 aromatic carbocycles. The van der Waals surface area contributed by atoms with Crippen molar-refractivity contribution in [2.45, 2.75) is 0 Å². The molecule has 160 valence electrons. The second-order valence-corrected chi connectivity index (χ2v) is 6.30. The number of amides is 2. The minimum absolute atomic E-state index is 0.0476. The Labute approximate surface area is 182 Å². The van der Waals surface area contributed by atoms with E-state index in [1.807, 2.05) is 30.3 Å². The molecule has 3 aromatic rings. The summed E-state index contributed by atoms with van der Waals surface area (Å²) in [6.07, 6.45) is 5.94. The first-order chi connectivity index (χ1) is 15.5. The third kappa shape index (κ3) is 6.36. The molecule has 1 heterocycles. The number of rotatable bonds is 8. The smallest absolute Gasteiger partial charge is 0.400 e. The van der Waals surface area contributed by atoms with Crippen molar-refractivity contribution in [3.63, 3.8) is 0 Å². The van der Waals surface area contributed by atoms with Gasteiger partial charge in [0, 0.05) is 5.56 Å². The van der Waals surface area contributed by atoms with Crippen LogP contribution >= 0.6 is 0 Å². The van der Waals surface area contributed by atoms with Crippen LogP contribution in [0, 0.1) is 10.1 Å². The predicted octanol–water partition coefficient (Wildman–Crippen LogP) is 3.67. The van der Waals surface area contributed by atoms with E-state index in [4.69, 9.17) is 4.42 Å². The number of carbonyl (C=O) groups excluding carboxylic acids is 2. The molecule has 2 amide bonds. The summed E-state index contributed by atoms with van der Waals surface area (Å²) in [4.78, 5) is 35.0. The monoisotopic (exact) mass is 430 g/mol. The van der Waals surface area contributed by atoms with Crippen molar-refractivity contribution in [3.8, 4) is 0 Å². The van der Waals surface area contributed by atoms with Crippen LogP contribution in [0.25, 0.3) is 6.08 Å². The fraction of sp³-hybridized carbons (Fsp3) is 0. The maximum Gasteiger partial charge on any atom is 0.433 e. The van der Waals surface area contributed by atoms with Crippen molar-refractivity contribution >= 4 is 30.0 Å². The minimum atomic E-state index is -0.690. The molecule has 32 heavy (non-hydrogen) atoms. The third-order valence-electron chi connectivity index (χ3n) is 4.03. The van der Waals surface area contributed by atoms with Crippen LogP contribution < -0.4 is 10.7 Å². The Morgan fingerprint density at radius 1 is 0.969 bits per heavy atom. The molecule has 0 bridgehead atoms. The van der Waals surface area contributed by atoms with Crippen LogP contribution in [0.5, 0.6) is 0 Å². The van der Waals surface area contributed by atoms with Crippen LogP contribution in [0.3, 0.4) is 0 Å². The lowest BCUT2D eigenvalue weighted by Crippen LogP contribution is -2.32. The summed E-state index contributed by atoms with van der Waals surface area (Å²) in [6.45, 7) is 0. The van der Waals surface area contributed by atoms with Crippen LogP contribution in [-0.4, -0.2) is 23.0 Å². The van der Waals surface area contributed by atoms with Gasteiger partial charge in [-0.1, -0.05) is 60.7 Å². The lowest BCUT2D eigenvalue weighted by molar-refractivity contribution is -0.402. The predicted molar refractivity (Wildman–Crippen MR) is 119 cm³/mol. The average Bonchev–Trinajstić information content (AvgIpc) is 3.29. The van der Waals surface area contributed by atoms with Crippen LogP contribution in [0.15, 0.2) is 100 Å². The van der Waals surface area contributed by atoms with Crippen LogP contribution in [0.1, 0.15) is 21.7 Å². The summed E-state index contributed by atoms with van der Waals surface area (Å²) in [7, 11) is 0. The summed E-state index contributed by atoms with van der Waals surface area (Å²) in [5, 5.41) is 16.9. The third-order valence-corrected chi connectivity index (χ3v) is 4.03. The van der Waals surface area contributed by atoms with E-state index in [1.54, 1.807) is 42.5 Å². The van der Waals surface area contributed by atoms with E-state index in [2.05, 4.69) is 15.8 Å². The summed E-state index contributed by atoms with van der Waals surface area (Å²) in [6, 6.07) is 20.4. The van der Waals surface area contributed by atoms with Crippen molar-refractivity contribution in [1.29, 1.82) is 0 Å². The second-order valence-electron chi connectivity index (χ2n) is 6.30. The van der Waals surface area contributed by atoms with Gasteiger partial charge < -0.3 is 9.73 Å². The second kappa shape index (κ2) is 10.8. The number of allylic oxidation sites excluding steroid dienone is 2. The molecule has 0 aliphatic heterocycles. The van der Waals surface area contributed by atoms with Gasteiger partial charge in [-0.3, -0.25) is 19.7 Å². The van der Waals surface area contributed by atoms with Gasteiger partial charge in [-0.15, -0.1) is 0 Å². The van der Waals surface area contributed by atoms with Gasteiger partial charge in [0.25, 0.3) is 11.8 Å². The highest BCUT2D eigenvalue weighted by molar-refractivity contribution is 6.03. The number of hydrogen-bond donors (Lipinski definition) is 2. The van der Waals surface area contributed by atoms with Crippen LogP contribution in [-0.2, 0) is 4.79 Å². The minimum Gasteiger partial charge on any atom is -0.400 e. The molecule has 0 saturated heterocycles. The Morgan fingerprint density at radius 3 is 2.31 bits per heavy atom. The molecule has 0 spiro atoms. The highest BCUT2D eigenvalue weighted by Crippen LogP contribution is 2.13. The van der Waals surface area contributed by atoms with Gasteiger partial charge in [0.2, 0.25) is 0 Å². The number of hydrazone groups is 1. The molecular weight excluding hydrogens is 412 g/mol. The highest BCUT2D eigenvalue weighted by atomic mass is 16.6. The molecule has 9 heteroatoms. The van der Waals surface area contributed by atoms with Gasteiger partial charge in [-0.2, -0.15) is 5.10 Å². The van der Waals surface area contributed by atoms with E-state index in [0.29, 0.717) is 5.56 Å². The summed E-state index contributed by atoms with van der Waals surface area (Å²) < 4.78 is 4.93. The Kier molecular flexibility index (Phi) is 7.42. The number of nitrogens with zero attached hydrogens (tertiary/aromatic N) is 2. The Morgan fingerprint density at radius 2 is 1.66 bits per heavy atom. The first kappa shape index (κ1) is 21.9. The van der Waals surface area contributed by atoms with Crippen LogP contribution in [0.4, 0.5) is 5.88 Å². The fourth-order valence-corrected chi connectivity index (χ4v) is 2.50. The summed E-state index contributed by atoms with van der Waals surface area (Å²) in [5.74, 6) is -1.52. The zero-order valence-electron chi connectivity index (χ0n) is 16.7. The maximum absolute atomic E-state index is 12.6. The van der Waals surface area contributed by atoms with Gasteiger partial charge in [0.1, 0.15) is 10.6 Å². The van der Waals surface area contributed by atoms with Gasteiger partial charge in [0.05, 0.1) is 12.3 Å². The topological polar surface area (TPSA) is 127 Å². The molecule has 3 rings (SSSR count). The lowest BCUT2D eigenvalue weighted by Gasteiger charge is -2.08. The molecule has 0 aliphatic carbocycles. The van der Waals surface area contributed by atoms with Gasteiger partial charge in [-0.25, -0.2) is 5.43 Å². The first-order valence-corrected chi connectivity index (χ1v) is 9.40. The van der Waals surface area contributed by atoms with Crippen LogP contribution in [0.2, 0.25) is 0 Å². The zero-order chi connectivity index (χ0) is 22.8. The van der Waals surface area contributed by atoms with E-state index < -0.39 is 22.6 Å². The molecule has 0 aliphatic rings. The zero-order valence-corrected chi connectivity index (χ0v) is 16.7. The van der Waals surface area contributed by atoms with E-state index in [1.165, 1.54) is 18.2 Å². The molecule has 0 radical (unpaired) electrons. The number of benzene rings is 2. The van der Waals surface area contributed by atoms with E-state index in [0.717, 1.165) is 11.8 Å². The van der Waals surface area contributed by atoms with Crippen molar-refractivity contribution in [1.82, 2.24) is 10.7 Å². The number of furan rings is 1. The first-order valence-electron chi connectivity index (χ1n) is 9.40. The van der Waals surface area contributed by atoms with Gasteiger partial charge in [0.15, 0.2) is 5.76 Å². The molecular formula is C23H18N4O5. The Balaban J connectivity index is 1.73. The largest absolute Gasteiger partial charge is 0.433 e. The number of carbonyl (C=O) groups is 2. The molecule has 0 unspecified atom stereocenters. The van der Waals surface area contributed by atoms with Crippen molar-refractivity contribution < 1.29 is 18.9 Å². The fourth-order valence-electron chi connectivity index (χ4n) is 2.50. The van der Waals surface area contributed by atoms with Crippen molar-refractivity contribution in [2.24, 2.45) is 5.10 Å². The highest BCUT2D eigenvalue weighted by Gasteiger charge is 2.14. The summed E-state index contributed by atoms with van der Waals surface area (Å²) in [5.41, 5.74) is 3.50. The normalized spacial score (nSPS) is 11.6. The molecule has 2 N–H and O–H groups in total. The van der Waals surface area contributed by atoms with E-state index in [9.17, 15) is 19.7 Å². The Hall–Kier alpha value is -4.79. The standard InChI is InChI=1S/C23H18N4O5/c28-22(18-11-5-2-6-12-18)25-20(13-7-10-17-8-3-1-4-9-17)23(29)26-24-16-19-14-15-21(32-19)27(30)31/h1-16H,(H,25,28)(H,26,29)/b10-7+,20-13-,24-16-. The van der Waals surface area contributed by atoms with Crippen molar-refractivity contribution in [2.75, 3.05) is 0 Å². The number of hydrogen-bond acceptors (Lipinski definition) is 6. The lowest BCUT2D eigenvalue weighted by atomic mass is 10.2. The molecule has 1 aromatic heterocycles. The quantitative estimate of drug-likeness (QED) is 0.185. The SMILES string of the molecule is O=C(N/N=C\c1ccc([N+](=O)[O-])o1)/C(=C/C=C/c1ccccc1)NC(=O)c1ccccc1. The van der Waals surface area contributed by atoms with E-state index in [-0.39, 0.29) is 11.5 Å². The van der Waals surface area contributed by atoms with Gasteiger partial charge >= 0.3 is 5.88 Å². The molecule has 9 nitrogen and oxygen atoms in total. The van der Waals surface area contributed by atoms with Gasteiger partial charge in [-0.05, 0) is 29.8 Å². The summed E-state index contributed by atoms with van der Waals surface area (Å²) >= 11 is 0. The number of nitrogens with one attached hydrogen (secondary N) is 2. The van der Waals surface area contributed by atoms with Crippen molar-refractivity contribution in [3.05, 3.63) is 118 Å². The number of nitro groups is 1. The molecule has 0 saturated carbocycles. The molecule has 0 fully saturated rings. The Bertz CT molecular complexity index is 1180. The maximum atomic E-state index is 12.6. The van der Waals surface area contributed by atoms with E-state index >= 15 is 0 Å².